The van der Waals surface area contributed by atoms with E-state index in [9.17, 15) is 52.7 Å². The molecule has 0 spiro atoms. The summed E-state index contributed by atoms with van der Waals surface area (Å²) in [6.07, 6.45) is -18.6. The van der Waals surface area contributed by atoms with Gasteiger partial charge in [-0.25, -0.2) is 0 Å². The first-order chi connectivity index (χ1) is 18.4. The van der Waals surface area contributed by atoms with Gasteiger partial charge in [0.2, 0.25) is 0 Å². The fourth-order valence-electron chi connectivity index (χ4n) is 4.04. The predicted octanol–water partition coefficient (Wildman–Crippen LogP) is 9.43. The number of aromatic nitrogens is 2. The van der Waals surface area contributed by atoms with Gasteiger partial charge >= 0.3 is 24.7 Å². The van der Waals surface area contributed by atoms with Crippen LogP contribution in [0.3, 0.4) is 0 Å². The molecule has 0 aliphatic heterocycles. The Bertz CT molecular complexity index is 1340. The fraction of sp³-hybridized carbons (Fsp3) is 0.154. The number of hydrogen-bond acceptors (Lipinski definition) is 0. The summed E-state index contributed by atoms with van der Waals surface area (Å²) in [5.41, 5.74) is -9.83. The Morgan fingerprint density at radius 3 is 0.900 bits per heavy atom. The highest BCUT2D eigenvalue weighted by Gasteiger charge is 2.39. The van der Waals surface area contributed by atoms with Crippen LogP contribution in [0.4, 0.5) is 52.7 Å². The molecule has 0 unspecified atom stereocenters. The number of alkyl halides is 12. The third kappa shape index (κ3) is 6.05. The number of rotatable bonds is 4. The summed E-state index contributed by atoms with van der Waals surface area (Å²) in [7, 11) is 0. The first-order valence-corrected chi connectivity index (χ1v) is 11.0. The van der Waals surface area contributed by atoms with E-state index in [4.69, 9.17) is 0 Å². The van der Waals surface area contributed by atoms with Crippen molar-refractivity contribution in [3.8, 4) is 0 Å². The van der Waals surface area contributed by atoms with E-state index in [0.717, 1.165) is 0 Å². The second-order valence-electron chi connectivity index (χ2n) is 8.51. The van der Waals surface area contributed by atoms with Gasteiger partial charge in [0.15, 0.2) is 0 Å². The Balaban J connectivity index is 2.21. The minimum absolute atomic E-state index is 0.143. The van der Waals surface area contributed by atoms with Crippen LogP contribution in [-0.4, -0.2) is 9.97 Å². The second kappa shape index (κ2) is 9.82. The van der Waals surface area contributed by atoms with E-state index in [0.29, 0.717) is 24.3 Å². The number of aromatic amines is 2. The average molecular weight is 582 g/mol. The maximum Gasteiger partial charge on any atom is 0.416 e. The van der Waals surface area contributed by atoms with Crippen LogP contribution >= 0.6 is 0 Å². The standard InChI is InChI=1S/C26H14F12N2/c27-23(28,29)15-7-13(8-16(11-15)24(30,31)32)21(19-3-1-5-39-19)22(20-4-2-6-40-20)14-9-17(25(33,34)35)12-18(10-14)26(36,37)38/h1-12,39-40H. The Labute approximate surface area is 217 Å². The third-order valence-corrected chi connectivity index (χ3v) is 5.74. The number of H-pyrrole nitrogens is 2. The zero-order chi connectivity index (χ0) is 29.7. The molecule has 4 rings (SSSR count). The highest BCUT2D eigenvalue weighted by Crippen LogP contribution is 2.44. The van der Waals surface area contributed by atoms with E-state index in [2.05, 4.69) is 9.97 Å². The van der Waals surface area contributed by atoms with Crippen molar-refractivity contribution in [1.82, 2.24) is 9.97 Å². The van der Waals surface area contributed by atoms with Crippen molar-refractivity contribution in [2.45, 2.75) is 24.7 Å². The third-order valence-electron chi connectivity index (χ3n) is 5.74. The number of hydrogen-bond donors (Lipinski definition) is 2. The summed E-state index contributed by atoms with van der Waals surface area (Å²) in [5, 5.41) is 0. The summed E-state index contributed by atoms with van der Waals surface area (Å²) in [4.78, 5) is 5.15. The lowest BCUT2D eigenvalue weighted by Gasteiger charge is -2.21. The minimum Gasteiger partial charge on any atom is -0.361 e. The maximum atomic E-state index is 13.7. The quantitative estimate of drug-likeness (QED) is 0.178. The SMILES string of the molecule is FC(F)(F)c1cc(C(=C(c2cc(C(F)(F)F)cc(C(F)(F)F)c2)c2ccc[nH]2)c2ccc[nH]2)cc(C(F)(F)F)c1. The van der Waals surface area contributed by atoms with Crippen molar-refractivity contribution < 1.29 is 52.7 Å². The lowest BCUT2D eigenvalue weighted by Crippen LogP contribution is -2.13. The molecule has 0 aliphatic carbocycles. The van der Waals surface area contributed by atoms with Gasteiger partial charge in [-0.2, -0.15) is 52.7 Å². The summed E-state index contributed by atoms with van der Waals surface area (Å²) in [6.45, 7) is 0. The van der Waals surface area contributed by atoms with E-state index in [-0.39, 0.29) is 23.5 Å². The van der Waals surface area contributed by atoms with Gasteiger partial charge in [-0.05, 0) is 71.8 Å². The van der Waals surface area contributed by atoms with Crippen LogP contribution in [-0.2, 0) is 24.7 Å². The van der Waals surface area contributed by atoms with Crippen molar-refractivity contribution >= 4 is 11.1 Å². The number of benzene rings is 2. The van der Waals surface area contributed by atoms with E-state index in [1.807, 2.05) is 0 Å². The van der Waals surface area contributed by atoms with Gasteiger partial charge in [0.1, 0.15) is 0 Å². The van der Waals surface area contributed by atoms with Crippen LogP contribution in [0.5, 0.6) is 0 Å². The molecule has 0 amide bonds. The normalized spacial score (nSPS) is 13.9. The van der Waals surface area contributed by atoms with E-state index < -0.39 is 69.2 Å². The van der Waals surface area contributed by atoms with E-state index >= 15 is 0 Å². The number of nitrogens with one attached hydrogen (secondary N) is 2. The first-order valence-electron chi connectivity index (χ1n) is 11.0. The molecule has 2 nitrogen and oxygen atoms in total. The van der Waals surface area contributed by atoms with Gasteiger partial charge in [-0.3, -0.25) is 0 Å². The van der Waals surface area contributed by atoms with E-state index in [1.165, 1.54) is 36.7 Å². The summed E-state index contributed by atoms with van der Waals surface area (Å²) in [6, 6.07) is 6.07. The molecule has 0 saturated heterocycles. The number of halogens is 12. The lowest BCUT2D eigenvalue weighted by molar-refractivity contribution is -0.144. The molecule has 2 heterocycles. The molecule has 2 N–H and O–H groups in total. The molecule has 0 saturated carbocycles. The average Bonchev–Trinajstić information content (AvgIpc) is 3.54. The summed E-state index contributed by atoms with van der Waals surface area (Å²) in [5.74, 6) is 0. The minimum atomic E-state index is -5.27. The topological polar surface area (TPSA) is 31.6 Å². The first kappa shape index (κ1) is 28.9. The fourth-order valence-corrected chi connectivity index (χ4v) is 4.04. The Morgan fingerprint density at radius 2 is 0.700 bits per heavy atom. The molecule has 0 bridgehead atoms. The maximum absolute atomic E-state index is 13.7. The molecule has 0 atom stereocenters. The van der Waals surface area contributed by atoms with Crippen LogP contribution < -0.4 is 0 Å². The molecule has 212 valence electrons. The van der Waals surface area contributed by atoms with Gasteiger partial charge < -0.3 is 9.97 Å². The van der Waals surface area contributed by atoms with Crippen LogP contribution in [0.2, 0.25) is 0 Å². The second-order valence-corrected chi connectivity index (χ2v) is 8.51. The predicted molar refractivity (Wildman–Crippen MR) is 119 cm³/mol. The van der Waals surface area contributed by atoms with Crippen molar-refractivity contribution in [3.05, 3.63) is 118 Å². The molecule has 4 aromatic rings. The zero-order valence-electron chi connectivity index (χ0n) is 19.5. The molecule has 2 aromatic heterocycles. The molecule has 2 aromatic carbocycles. The Morgan fingerprint density at radius 1 is 0.425 bits per heavy atom. The van der Waals surface area contributed by atoms with Crippen LogP contribution in [0, 0.1) is 0 Å². The molecule has 40 heavy (non-hydrogen) atoms. The van der Waals surface area contributed by atoms with Crippen LogP contribution in [0.25, 0.3) is 11.1 Å². The summed E-state index contributed by atoms with van der Waals surface area (Å²) >= 11 is 0. The molecular formula is C26H14F12N2. The lowest BCUT2D eigenvalue weighted by atomic mass is 9.87. The van der Waals surface area contributed by atoms with Crippen molar-refractivity contribution in [2.24, 2.45) is 0 Å². The van der Waals surface area contributed by atoms with Crippen LogP contribution in [0.15, 0.2) is 73.1 Å². The zero-order valence-corrected chi connectivity index (χ0v) is 19.5. The monoisotopic (exact) mass is 582 g/mol. The molecule has 0 radical (unpaired) electrons. The Kier molecular flexibility index (Phi) is 7.10. The smallest absolute Gasteiger partial charge is 0.361 e. The van der Waals surface area contributed by atoms with Crippen LogP contribution in [0.1, 0.15) is 44.8 Å². The van der Waals surface area contributed by atoms with Gasteiger partial charge in [-0.15, -0.1) is 0 Å². The Hall–Kier alpha value is -4.10. The van der Waals surface area contributed by atoms with E-state index in [1.54, 1.807) is 0 Å². The molecule has 0 aliphatic rings. The van der Waals surface area contributed by atoms with Gasteiger partial charge in [-0.1, -0.05) is 0 Å². The summed E-state index contributed by atoms with van der Waals surface area (Å²) < 4.78 is 164. The van der Waals surface area contributed by atoms with Crippen molar-refractivity contribution in [3.63, 3.8) is 0 Å². The molecular weight excluding hydrogens is 568 g/mol. The molecule has 14 heteroatoms. The highest BCUT2D eigenvalue weighted by molar-refractivity contribution is 6.03. The van der Waals surface area contributed by atoms with Gasteiger partial charge in [0, 0.05) is 34.9 Å². The highest BCUT2D eigenvalue weighted by atomic mass is 19.4. The molecule has 0 fully saturated rings. The van der Waals surface area contributed by atoms with Crippen molar-refractivity contribution in [2.75, 3.05) is 0 Å². The van der Waals surface area contributed by atoms with Gasteiger partial charge in [0.25, 0.3) is 0 Å². The largest absolute Gasteiger partial charge is 0.416 e. The van der Waals surface area contributed by atoms with Crippen molar-refractivity contribution in [1.29, 1.82) is 0 Å². The van der Waals surface area contributed by atoms with Gasteiger partial charge in [0.05, 0.1) is 22.3 Å².